The molecule has 11 heteroatoms. The maximum Gasteiger partial charge on any atom is 0.243 e. The molecular weight excluding hydrogens is 563 g/mol. The van der Waals surface area contributed by atoms with Crippen LogP contribution in [-0.2, 0) is 22.7 Å². The summed E-state index contributed by atoms with van der Waals surface area (Å²) in [5, 5.41) is 13.0. The molecule has 3 N–H and O–H groups in total. The van der Waals surface area contributed by atoms with Crippen LogP contribution < -0.4 is 15.5 Å². The lowest BCUT2D eigenvalue weighted by atomic mass is 10.1. The van der Waals surface area contributed by atoms with Gasteiger partial charge in [-0.1, -0.05) is 23.7 Å². The average Bonchev–Trinajstić information content (AvgIpc) is 3.47. The van der Waals surface area contributed by atoms with Crippen LogP contribution in [0.2, 0.25) is 5.02 Å². The molecular formula is C31H28ClFN4O5. The highest BCUT2D eigenvalue weighted by atomic mass is 35.5. The third kappa shape index (κ3) is 7.61. The van der Waals surface area contributed by atoms with Crippen LogP contribution in [0.1, 0.15) is 30.6 Å². The van der Waals surface area contributed by atoms with Gasteiger partial charge in [-0.25, -0.2) is 19.8 Å². The van der Waals surface area contributed by atoms with Crippen molar-refractivity contribution in [1.82, 2.24) is 15.4 Å². The number of carbonyl (C=O) groups is 1. The van der Waals surface area contributed by atoms with Crippen LogP contribution >= 0.6 is 11.6 Å². The Bertz CT molecular complexity index is 1680. The minimum absolute atomic E-state index is 0.190. The number of hydrogen-bond donors (Lipinski definition) is 3. The molecule has 0 fully saturated rings. The maximum absolute atomic E-state index is 13.4. The SMILES string of the molecule is O=C(CCCCOCc1ccc(-c2ccc3ncnc(Nc4ccc(OCc5cccc(F)c5)c(Cl)c4)c3c2)o1)NO. The van der Waals surface area contributed by atoms with Gasteiger partial charge in [0.1, 0.15) is 48.4 Å². The number of carbonyl (C=O) groups excluding carboxylic acids is 1. The van der Waals surface area contributed by atoms with Crippen molar-refractivity contribution in [2.75, 3.05) is 11.9 Å². The first-order valence-corrected chi connectivity index (χ1v) is 13.6. The fourth-order valence-electron chi connectivity index (χ4n) is 4.26. The van der Waals surface area contributed by atoms with E-state index in [-0.39, 0.29) is 18.8 Å². The van der Waals surface area contributed by atoms with E-state index in [1.54, 1.807) is 29.7 Å². The smallest absolute Gasteiger partial charge is 0.243 e. The number of nitrogens with one attached hydrogen (secondary N) is 2. The van der Waals surface area contributed by atoms with Crippen molar-refractivity contribution in [3.05, 3.63) is 101 Å². The molecule has 0 saturated carbocycles. The number of ether oxygens (including phenoxy) is 2. The van der Waals surface area contributed by atoms with Crippen LogP contribution in [-0.4, -0.2) is 27.7 Å². The monoisotopic (exact) mass is 590 g/mol. The highest BCUT2D eigenvalue weighted by Gasteiger charge is 2.11. The first-order chi connectivity index (χ1) is 20.5. The maximum atomic E-state index is 13.4. The van der Waals surface area contributed by atoms with Gasteiger partial charge in [-0.3, -0.25) is 10.0 Å². The summed E-state index contributed by atoms with van der Waals surface area (Å²) in [6.45, 7) is 0.968. The average molecular weight is 591 g/mol. The number of rotatable bonds is 13. The van der Waals surface area contributed by atoms with Gasteiger partial charge in [0.15, 0.2) is 0 Å². The zero-order valence-corrected chi connectivity index (χ0v) is 23.2. The number of anilines is 2. The topological polar surface area (TPSA) is 119 Å². The molecule has 0 aliphatic carbocycles. The molecule has 5 aromatic rings. The van der Waals surface area contributed by atoms with E-state index in [1.807, 2.05) is 36.4 Å². The Labute approximate surface area is 246 Å². The number of hydrogen-bond acceptors (Lipinski definition) is 8. The molecule has 1 amide bonds. The van der Waals surface area contributed by atoms with Crippen molar-refractivity contribution in [3.63, 3.8) is 0 Å². The van der Waals surface area contributed by atoms with Crippen molar-refractivity contribution in [3.8, 4) is 17.1 Å². The number of unbranched alkanes of at least 4 members (excludes halogenated alkanes) is 1. The van der Waals surface area contributed by atoms with Crippen molar-refractivity contribution < 1.29 is 28.3 Å². The van der Waals surface area contributed by atoms with Crippen molar-refractivity contribution in [1.29, 1.82) is 0 Å². The molecule has 42 heavy (non-hydrogen) atoms. The van der Waals surface area contributed by atoms with E-state index < -0.39 is 5.91 Å². The Morgan fingerprint density at radius 3 is 2.74 bits per heavy atom. The Morgan fingerprint density at radius 2 is 1.90 bits per heavy atom. The summed E-state index contributed by atoms with van der Waals surface area (Å²) < 4.78 is 30.9. The molecule has 2 aromatic heterocycles. The number of aromatic nitrogens is 2. The van der Waals surface area contributed by atoms with E-state index in [9.17, 15) is 9.18 Å². The fourth-order valence-corrected chi connectivity index (χ4v) is 4.49. The first-order valence-electron chi connectivity index (χ1n) is 13.3. The van der Waals surface area contributed by atoms with Crippen LogP contribution in [0.15, 0.2) is 83.5 Å². The Hall–Kier alpha value is -4.51. The zero-order chi connectivity index (χ0) is 29.3. The summed E-state index contributed by atoms with van der Waals surface area (Å²) in [5.41, 5.74) is 4.63. The summed E-state index contributed by atoms with van der Waals surface area (Å²) in [4.78, 5) is 19.9. The molecule has 2 heterocycles. The van der Waals surface area contributed by atoms with E-state index in [1.165, 1.54) is 18.5 Å². The molecule has 5 rings (SSSR count). The molecule has 216 valence electrons. The number of halogens is 2. The fraction of sp³-hybridized carbons (Fsp3) is 0.194. The molecule has 0 aliphatic rings. The van der Waals surface area contributed by atoms with Crippen LogP contribution in [0.4, 0.5) is 15.9 Å². The van der Waals surface area contributed by atoms with E-state index in [0.29, 0.717) is 65.4 Å². The predicted molar refractivity (Wildman–Crippen MR) is 156 cm³/mol. The molecule has 0 bridgehead atoms. The lowest BCUT2D eigenvalue weighted by molar-refractivity contribution is -0.129. The van der Waals surface area contributed by atoms with Crippen LogP contribution in [0.25, 0.3) is 22.2 Å². The number of amides is 1. The molecule has 3 aromatic carbocycles. The van der Waals surface area contributed by atoms with Gasteiger partial charge >= 0.3 is 0 Å². The Kier molecular flexibility index (Phi) is 9.60. The lowest BCUT2D eigenvalue weighted by Gasteiger charge is -2.12. The van der Waals surface area contributed by atoms with E-state index >= 15 is 0 Å². The molecule has 0 aliphatic heterocycles. The number of nitrogens with zero attached hydrogens (tertiary/aromatic N) is 2. The quantitative estimate of drug-likeness (QED) is 0.0748. The van der Waals surface area contributed by atoms with Gasteiger partial charge in [-0.2, -0.15) is 0 Å². The number of benzene rings is 3. The van der Waals surface area contributed by atoms with Gasteiger partial charge in [0.2, 0.25) is 5.91 Å². The molecule has 0 spiro atoms. The molecule has 0 saturated heterocycles. The molecule has 0 radical (unpaired) electrons. The van der Waals surface area contributed by atoms with Gasteiger partial charge in [0.25, 0.3) is 0 Å². The Balaban J connectivity index is 1.23. The minimum Gasteiger partial charge on any atom is -0.487 e. The highest BCUT2D eigenvalue weighted by molar-refractivity contribution is 6.32. The van der Waals surface area contributed by atoms with Gasteiger partial charge in [0, 0.05) is 29.7 Å². The summed E-state index contributed by atoms with van der Waals surface area (Å²) in [7, 11) is 0. The number of fused-ring (bicyclic) bond motifs is 1. The summed E-state index contributed by atoms with van der Waals surface area (Å²) >= 11 is 6.48. The largest absolute Gasteiger partial charge is 0.487 e. The van der Waals surface area contributed by atoms with Gasteiger partial charge < -0.3 is 19.2 Å². The molecule has 0 unspecified atom stereocenters. The van der Waals surface area contributed by atoms with Crippen LogP contribution in [0.5, 0.6) is 5.75 Å². The third-order valence-electron chi connectivity index (χ3n) is 6.37. The third-order valence-corrected chi connectivity index (χ3v) is 6.67. The highest BCUT2D eigenvalue weighted by Crippen LogP contribution is 2.33. The van der Waals surface area contributed by atoms with E-state index in [4.69, 9.17) is 30.7 Å². The van der Waals surface area contributed by atoms with Gasteiger partial charge in [0.05, 0.1) is 10.5 Å². The van der Waals surface area contributed by atoms with E-state index in [2.05, 4.69) is 15.3 Å². The van der Waals surface area contributed by atoms with Crippen LogP contribution in [0.3, 0.4) is 0 Å². The first kappa shape index (κ1) is 29.0. The number of furan rings is 1. The van der Waals surface area contributed by atoms with Crippen LogP contribution in [0, 0.1) is 5.82 Å². The van der Waals surface area contributed by atoms with Gasteiger partial charge in [-0.15, -0.1) is 0 Å². The molecule has 9 nitrogen and oxygen atoms in total. The second-order valence-corrected chi connectivity index (χ2v) is 9.86. The minimum atomic E-state index is -0.407. The normalized spacial score (nSPS) is 11.0. The van der Waals surface area contributed by atoms with E-state index in [0.717, 1.165) is 16.5 Å². The second kappa shape index (κ2) is 13.9. The summed E-state index contributed by atoms with van der Waals surface area (Å²) in [6.07, 6.45) is 3.04. The van der Waals surface area contributed by atoms with Crippen molar-refractivity contribution >= 4 is 39.9 Å². The lowest BCUT2D eigenvalue weighted by Crippen LogP contribution is -2.17. The summed E-state index contributed by atoms with van der Waals surface area (Å²) in [6, 6.07) is 21.0. The van der Waals surface area contributed by atoms with Crippen molar-refractivity contribution in [2.45, 2.75) is 32.5 Å². The molecule has 0 atom stereocenters. The summed E-state index contributed by atoms with van der Waals surface area (Å²) in [5.74, 6) is 1.70. The standard InChI is InChI=1S/C31H28ClFN4O5/c32-26-16-23(8-11-29(26)41-17-20-4-3-5-22(33)14-20)36-31-25-15-21(7-10-27(25)34-19-35-31)28-12-9-24(42-28)18-40-13-2-1-6-30(38)37-39/h3-5,7-12,14-16,19,39H,1-2,6,13,17-18H2,(H,37,38)(H,34,35,36). The Morgan fingerprint density at radius 1 is 1.00 bits per heavy atom. The van der Waals surface area contributed by atoms with Gasteiger partial charge in [-0.05, 0) is 79.1 Å². The second-order valence-electron chi connectivity index (χ2n) is 9.45. The number of hydroxylamine groups is 1. The zero-order valence-electron chi connectivity index (χ0n) is 22.5. The predicted octanol–water partition coefficient (Wildman–Crippen LogP) is 7.20. The van der Waals surface area contributed by atoms with Crippen molar-refractivity contribution in [2.24, 2.45) is 0 Å².